The Hall–Kier alpha value is -0.650. The van der Waals surface area contributed by atoms with E-state index in [1.54, 1.807) is 0 Å². The van der Waals surface area contributed by atoms with Gasteiger partial charge in [-0.3, -0.25) is 4.79 Å². The SMILES string of the molecule is CCC(C=N)NCCC[C@H](N)C(=O)O.Cl. The molecule has 1 unspecified atom stereocenters. The summed E-state index contributed by atoms with van der Waals surface area (Å²) in [6.45, 7) is 2.69. The van der Waals surface area contributed by atoms with Crippen LogP contribution >= 0.6 is 12.4 Å². The largest absolute Gasteiger partial charge is 0.480 e. The molecule has 0 aliphatic heterocycles. The number of carboxylic acids is 1. The van der Waals surface area contributed by atoms with Crippen LogP contribution in [0.25, 0.3) is 0 Å². The highest BCUT2D eigenvalue weighted by atomic mass is 35.5. The smallest absolute Gasteiger partial charge is 0.320 e. The Morgan fingerprint density at radius 1 is 1.67 bits per heavy atom. The average Bonchev–Trinajstić information content (AvgIpc) is 2.17. The molecule has 5 nitrogen and oxygen atoms in total. The fourth-order valence-electron chi connectivity index (χ4n) is 1.05. The van der Waals surface area contributed by atoms with Crippen molar-refractivity contribution >= 4 is 24.6 Å². The maximum atomic E-state index is 10.4. The normalized spacial score (nSPS) is 13.7. The fourth-order valence-corrected chi connectivity index (χ4v) is 1.05. The Balaban J connectivity index is 0. The van der Waals surface area contributed by atoms with Crippen LogP contribution in [0.3, 0.4) is 0 Å². The summed E-state index contributed by atoms with van der Waals surface area (Å²) in [5, 5.41) is 18.7. The zero-order valence-corrected chi connectivity index (χ0v) is 9.72. The molecule has 0 saturated heterocycles. The molecule has 6 heteroatoms. The molecule has 5 N–H and O–H groups in total. The van der Waals surface area contributed by atoms with Crippen LogP contribution in [0.5, 0.6) is 0 Å². The second-order valence-corrected chi connectivity index (χ2v) is 3.22. The molecule has 0 bridgehead atoms. The van der Waals surface area contributed by atoms with Gasteiger partial charge in [0.25, 0.3) is 0 Å². The Morgan fingerprint density at radius 3 is 2.67 bits per heavy atom. The minimum absolute atomic E-state index is 0. The summed E-state index contributed by atoms with van der Waals surface area (Å²) < 4.78 is 0. The van der Waals surface area contributed by atoms with Gasteiger partial charge in [0.2, 0.25) is 0 Å². The first-order chi connectivity index (χ1) is 6.61. The zero-order valence-electron chi connectivity index (χ0n) is 8.90. The molecular formula is C9H20ClN3O2. The van der Waals surface area contributed by atoms with E-state index in [9.17, 15) is 4.79 Å². The van der Waals surface area contributed by atoms with Crippen LogP contribution in [0.1, 0.15) is 26.2 Å². The summed E-state index contributed by atoms with van der Waals surface area (Å²) >= 11 is 0. The monoisotopic (exact) mass is 237 g/mol. The lowest BCUT2D eigenvalue weighted by atomic mass is 10.1. The van der Waals surface area contributed by atoms with E-state index < -0.39 is 12.0 Å². The van der Waals surface area contributed by atoms with Crippen molar-refractivity contribution in [3.05, 3.63) is 0 Å². The maximum absolute atomic E-state index is 10.4. The van der Waals surface area contributed by atoms with Gasteiger partial charge in [-0.15, -0.1) is 12.4 Å². The van der Waals surface area contributed by atoms with Gasteiger partial charge in [0, 0.05) is 12.3 Å². The fraction of sp³-hybridized carbons (Fsp3) is 0.778. The predicted octanol–water partition coefficient (Wildman–Crippen LogP) is 0.618. The van der Waals surface area contributed by atoms with Crippen molar-refractivity contribution in [3.63, 3.8) is 0 Å². The van der Waals surface area contributed by atoms with E-state index in [1.165, 1.54) is 6.21 Å². The molecule has 15 heavy (non-hydrogen) atoms. The quantitative estimate of drug-likeness (QED) is 0.367. The summed E-state index contributed by atoms with van der Waals surface area (Å²) in [4.78, 5) is 10.4. The van der Waals surface area contributed by atoms with E-state index in [0.717, 1.165) is 12.8 Å². The van der Waals surface area contributed by atoms with Crippen LogP contribution in [-0.2, 0) is 4.79 Å². The van der Waals surface area contributed by atoms with Gasteiger partial charge in [-0.05, 0) is 25.8 Å². The molecule has 90 valence electrons. The molecule has 0 aromatic rings. The van der Waals surface area contributed by atoms with Crippen LogP contribution in [0.4, 0.5) is 0 Å². The third kappa shape index (κ3) is 8.35. The molecule has 0 heterocycles. The Bertz CT molecular complexity index is 186. The molecule has 0 spiro atoms. The lowest BCUT2D eigenvalue weighted by Gasteiger charge is -2.11. The number of carbonyl (C=O) groups is 1. The van der Waals surface area contributed by atoms with E-state index in [1.807, 2.05) is 6.92 Å². The Labute approximate surface area is 96.3 Å². The van der Waals surface area contributed by atoms with Gasteiger partial charge in [0.15, 0.2) is 0 Å². The number of carboxylic acid groups (broad SMARTS) is 1. The van der Waals surface area contributed by atoms with Gasteiger partial charge in [-0.1, -0.05) is 6.92 Å². The van der Waals surface area contributed by atoms with Crippen molar-refractivity contribution in [3.8, 4) is 0 Å². The average molecular weight is 238 g/mol. The molecule has 0 saturated carbocycles. The topological polar surface area (TPSA) is 99.2 Å². The van der Waals surface area contributed by atoms with Crippen LogP contribution < -0.4 is 11.1 Å². The number of rotatable bonds is 8. The van der Waals surface area contributed by atoms with Gasteiger partial charge in [0.1, 0.15) is 6.04 Å². The molecular weight excluding hydrogens is 218 g/mol. The van der Waals surface area contributed by atoms with Crippen LogP contribution in [0.2, 0.25) is 0 Å². The lowest BCUT2D eigenvalue weighted by molar-refractivity contribution is -0.138. The number of nitrogens with two attached hydrogens (primary N) is 1. The number of hydrogen-bond donors (Lipinski definition) is 4. The highest BCUT2D eigenvalue weighted by Gasteiger charge is 2.10. The number of nitrogens with one attached hydrogen (secondary N) is 2. The van der Waals surface area contributed by atoms with Crippen molar-refractivity contribution in [2.75, 3.05) is 6.54 Å². The first kappa shape index (κ1) is 16.8. The summed E-state index contributed by atoms with van der Waals surface area (Å²) in [6.07, 6.45) is 3.42. The Morgan fingerprint density at radius 2 is 2.27 bits per heavy atom. The third-order valence-corrected chi connectivity index (χ3v) is 2.06. The minimum atomic E-state index is -0.955. The summed E-state index contributed by atoms with van der Waals surface area (Å²) in [5.41, 5.74) is 5.33. The van der Waals surface area contributed by atoms with Gasteiger partial charge >= 0.3 is 5.97 Å². The van der Waals surface area contributed by atoms with Crippen molar-refractivity contribution in [1.82, 2.24) is 5.32 Å². The summed E-state index contributed by atoms with van der Waals surface area (Å²) in [6, 6.07) is -0.673. The first-order valence-electron chi connectivity index (χ1n) is 4.84. The maximum Gasteiger partial charge on any atom is 0.320 e. The standard InChI is InChI=1S/C9H19N3O2.ClH/c1-2-7(6-10)12-5-3-4-8(11)9(13)14;/h6-8,10,12H,2-5,11H2,1H3,(H,13,14);1H/t7?,8-;/m0./s1. The van der Waals surface area contributed by atoms with E-state index in [0.29, 0.717) is 13.0 Å². The molecule has 2 atom stereocenters. The van der Waals surface area contributed by atoms with Gasteiger partial charge in [0.05, 0.1) is 0 Å². The molecule has 0 fully saturated rings. The van der Waals surface area contributed by atoms with Crippen molar-refractivity contribution in [2.45, 2.75) is 38.3 Å². The van der Waals surface area contributed by atoms with Crippen molar-refractivity contribution in [2.24, 2.45) is 5.73 Å². The first-order valence-corrected chi connectivity index (χ1v) is 4.84. The van der Waals surface area contributed by atoms with Crippen molar-refractivity contribution < 1.29 is 9.90 Å². The highest BCUT2D eigenvalue weighted by molar-refractivity contribution is 5.85. The molecule has 0 aromatic heterocycles. The van der Waals surface area contributed by atoms with Gasteiger partial charge in [-0.2, -0.15) is 0 Å². The second-order valence-electron chi connectivity index (χ2n) is 3.22. The van der Waals surface area contributed by atoms with Crippen LogP contribution in [0, 0.1) is 5.41 Å². The lowest BCUT2D eigenvalue weighted by Crippen LogP contribution is -2.33. The minimum Gasteiger partial charge on any atom is -0.480 e. The molecule has 0 aromatic carbocycles. The van der Waals surface area contributed by atoms with E-state index >= 15 is 0 Å². The van der Waals surface area contributed by atoms with E-state index in [-0.39, 0.29) is 18.4 Å². The summed E-state index contributed by atoms with van der Waals surface area (Å²) in [7, 11) is 0. The molecule has 0 aliphatic carbocycles. The van der Waals surface area contributed by atoms with Crippen molar-refractivity contribution in [1.29, 1.82) is 5.41 Å². The second kappa shape index (κ2) is 9.89. The third-order valence-electron chi connectivity index (χ3n) is 2.06. The number of halogens is 1. The van der Waals surface area contributed by atoms with Crippen LogP contribution in [0.15, 0.2) is 0 Å². The summed E-state index contributed by atoms with van der Waals surface area (Å²) in [5.74, 6) is -0.955. The van der Waals surface area contributed by atoms with E-state index in [4.69, 9.17) is 16.2 Å². The molecule has 0 rings (SSSR count). The molecule has 0 aliphatic rings. The number of aliphatic carboxylic acids is 1. The molecule has 0 amide bonds. The zero-order chi connectivity index (χ0) is 11.0. The predicted molar refractivity (Wildman–Crippen MR) is 63.0 cm³/mol. The number of hydrogen-bond acceptors (Lipinski definition) is 4. The van der Waals surface area contributed by atoms with E-state index in [2.05, 4.69) is 5.32 Å². The van der Waals surface area contributed by atoms with Gasteiger partial charge in [-0.25, -0.2) is 0 Å². The highest BCUT2D eigenvalue weighted by Crippen LogP contribution is 1.94. The molecule has 0 radical (unpaired) electrons. The van der Waals surface area contributed by atoms with Gasteiger partial charge < -0.3 is 21.6 Å². The Kier molecular flexibility index (Phi) is 11.1. The van der Waals surface area contributed by atoms with Crippen LogP contribution in [-0.4, -0.2) is 35.9 Å².